The van der Waals surface area contributed by atoms with Gasteiger partial charge in [0.2, 0.25) is 0 Å². The third-order valence-electron chi connectivity index (χ3n) is 3.03. The largest absolute Gasteiger partial charge is 0.497 e. The predicted octanol–water partition coefficient (Wildman–Crippen LogP) is 3.36. The van der Waals surface area contributed by atoms with Crippen LogP contribution in [0.4, 0.5) is 5.69 Å². The molecule has 0 aromatic heterocycles. The normalized spacial score (nSPS) is 11.2. The summed E-state index contributed by atoms with van der Waals surface area (Å²) in [4.78, 5) is 0.246. The van der Waals surface area contributed by atoms with Gasteiger partial charge in [0.15, 0.2) is 9.84 Å². The zero-order chi connectivity index (χ0) is 15.5. The molecule has 0 aliphatic heterocycles. The van der Waals surface area contributed by atoms with Crippen molar-refractivity contribution in [3.05, 3.63) is 53.1 Å². The van der Waals surface area contributed by atoms with E-state index in [1.807, 2.05) is 24.3 Å². The van der Waals surface area contributed by atoms with Gasteiger partial charge in [-0.3, -0.25) is 0 Å². The number of hydrogen-bond donors (Lipinski definition) is 1. The summed E-state index contributed by atoms with van der Waals surface area (Å²) in [5, 5.41) is 3.59. The molecule has 0 unspecified atom stereocenters. The summed E-state index contributed by atoms with van der Waals surface area (Å²) in [6, 6.07) is 12.2. The van der Waals surface area contributed by atoms with Gasteiger partial charge in [-0.1, -0.05) is 17.7 Å². The van der Waals surface area contributed by atoms with E-state index in [2.05, 4.69) is 5.32 Å². The molecule has 0 aliphatic carbocycles. The fraction of sp³-hybridized carbons (Fsp3) is 0.200. The maximum absolute atomic E-state index is 11.8. The quantitative estimate of drug-likeness (QED) is 0.915. The Balaban J connectivity index is 2.23. The second kappa shape index (κ2) is 6.37. The molecule has 21 heavy (non-hydrogen) atoms. The van der Waals surface area contributed by atoms with Gasteiger partial charge in [0, 0.05) is 29.1 Å². The highest BCUT2D eigenvalue weighted by Crippen LogP contribution is 2.25. The Hall–Kier alpha value is -1.72. The van der Waals surface area contributed by atoms with Crippen molar-refractivity contribution in [1.82, 2.24) is 0 Å². The maximum atomic E-state index is 11.8. The molecule has 0 bridgehead atoms. The van der Waals surface area contributed by atoms with Gasteiger partial charge in [-0.05, 0) is 36.4 Å². The average Bonchev–Trinajstić information content (AvgIpc) is 2.45. The van der Waals surface area contributed by atoms with Crippen LogP contribution in [0.15, 0.2) is 47.4 Å². The fourth-order valence-electron chi connectivity index (χ4n) is 1.96. The molecule has 0 aliphatic rings. The Labute approximate surface area is 129 Å². The third-order valence-corrected chi connectivity index (χ3v) is 4.57. The van der Waals surface area contributed by atoms with Gasteiger partial charge in [-0.15, -0.1) is 0 Å². The van der Waals surface area contributed by atoms with Gasteiger partial charge in [-0.25, -0.2) is 8.42 Å². The highest BCUT2D eigenvalue weighted by Gasteiger charge is 2.15. The van der Waals surface area contributed by atoms with Crippen LogP contribution in [0.1, 0.15) is 5.56 Å². The van der Waals surface area contributed by atoms with Crippen molar-refractivity contribution < 1.29 is 13.2 Å². The highest BCUT2D eigenvalue weighted by molar-refractivity contribution is 7.90. The number of hydrogen-bond acceptors (Lipinski definition) is 4. The zero-order valence-corrected chi connectivity index (χ0v) is 13.3. The lowest BCUT2D eigenvalue weighted by molar-refractivity contribution is 0.415. The fourth-order valence-corrected chi connectivity index (χ4v) is 3.21. The van der Waals surface area contributed by atoms with E-state index in [1.165, 1.54) is 6.26 Å². The molecular weight excluding hydrogens is 310 g/mol. The van der Waals surface area contributed by atoms with E-state index in [-0.39, 0.29) is 4.90 Å². The minimum absolute atomic E-state index is 0.246. The zero-order valence-electron chi connectivity index (χ0n) is 11.8. The second-order valence-corrected chi connectivity index (χ2v) is 6.96. The summed E-state index contributed by atoms with van der Waals surface area (Å²) in [7, 11) is -1.71. The number of halogens is 1. The molecule has 1 N–H and O–H groups in total. The van der Waals surface area contributed by atoms with Crippen LogP contribution in [0, 0.1) is 0 Å². The Morgan fingerprint density at radius 2 is 1.81 bits per heavy atom. The van der Waals surface area contributed by atoms with Crippen LogP contribution in [0.2, 0.25) is 5.02 Å². The molecular formula is C15H16ClNO3S. The van der Waals surface area contributed by atoms with E-state index >= 15 is 0 Å². The molecule has 0 radical (unpaired) electrons. The third kappa shape index (κ3) is 3.89. The van der Waals surface area contributed by atoms with Gasteiger partial charge in [0.1, 0.15) is 5.75 Å². The molecule has 0 atom stereocenters. The van der Waals surface area contributed by atoms with Gasteiger partial charge in [-0.2, -0.15) is 0 Å². The SMILES string of the molecule is COc1ccc(NCc2c(Cl)cccc2S(C)(=O)=O)cc1. The van der Waals surface area contributed by atoms with Crippen LogP contribution < -0.4 is 10.1 Å². The summed E-state index contributed by atoms with van der Waals surface area (Å²) in [6.45, 7) is 0.328. The second-order valence-electron chi connectivity index (χ2n) is 4.57. The average molecular weight is 326 g/mol. The van der Waals surface area contributed by atoms with E-state index in [9.17, 15) is 8.42 Å². The van der Waals surface area contributed by atoms with Crippen molar-refractivity contribution in [3.8, 4) is 5.75 Å². The number of sulfone groups is 1. The van der Waals surface area contributed by atoms with Crippen molar-refractivity contribution >= 4 is 27.1 Å². The van der Waals surface area contributed by atoms with E-state index in [1.54, 1.807) is 25.3 Å². The summed E-state index contributed by atoms with van der Waals surface area (Å²) in [5.74, 6) is 0.759. The van der Waals surface area contributed by atoms with Crippen molar-refractivity contribution in [3.63, 3.8) is 0 Å². The lowest BCUT2D eigenvalue weighted by Gasteiger charge is -2.12. The van der Waals surface area contributed by atoms with E-state index in [0.717, 1.165) is 11.4 Å². The van der Waals surface area contributed by atoms with Crippen molar-refractivity contribution in [1.29, 1.82) is 0 Å². The minimum Gasteiger partial charge on any atom is -0.497 e. The first-order valence-electron chi connectivity index (χ1n) is 6.27. The molecule has 2 aromatic carbocycles. The first kappa shape index (κ1) is 15.7. The monoisotopic (exact) mass is 325 g/mol. The minimum atomic E-state index is -3.32. The van der Waals surface area contributed by atoms with E-state index in [4.69, 9.17) is 16.3 Å². The van der Waals surface area contributed by atoms with Crippen molar-refractivity contribution in [2.24, 2.45) is 0 Å². The van der Waals surface area contributed by atoms with E-state index in [0.29, 0.717) is 17.1 Å². The Morgan fingerprint density at radius 1 is 1.14 bits per heavy atom. The summed E-state index contributed by atoms with van der Waals surface area (Å²) >= 11 is 6.12. The molecule has 0 spiro atoms. The molecule has 0 fully saturated rings. The predicted molar refractivity (Wildman–Crippen MR) is 84.9 cm³/mol. The summed E-state index contributed by atoms with van der Waals surface area (Å²) in [6.07, 6.45) is 1.18. The van der Waals surface area contributed by atoms with Crippen molar-refractivity contribution in [2.75, 3.05) is 18.7 Å². The molecule has 2 rings (SSSR count). The molecule has 0 saturated heterocycles. The number of methoxy groups -OCH3 is 1. The highest BCUT2D eigenvalue weighted by atomic mass is 35.5. The first-order chi connectivity index (χ1) is 9.91. The van der Waals surface area contributed by atoms with Crippen LogP contribution in [0.5, 0.6) is 5.75 Å². The molecule has 6 heteroatoms. The number of benzene rings is 2. The van der Waals surface area contributed by atoms with Crippen LogP contribution in [0.3, 0.4) is 0 Å². The Morgan fingerprint density at radius 3 is 2.38 bits per heavy atom. The lowest BCUT2D eigenvalue weighted by Crippen LogP contribution is -2.07. The van der Waals surface area contributed by atoms with Crippen LogP contribution in [-0.4, -0.2) is 21.8 Å². The molecule has 0 saturated carbocycles. The van der Waals surface area contributed by atoms with Crippen LogP contribution >= 0.6 is 11.6 Å². The number of rotatable bonds is 5. The first-order valence-corrected chi connectivity index (χ1v) is 8.54. The van der Waals surface area contributed by atoms with Gasteiger partial charge >= 0.3 is 0 Å². The molecule has 112 valence electrons. The lowest BCUT2D eigenvalue weighted by atomic mass is 10.2. The smallest absolute Gasteiger partial charge is 0.175 e. The molecule has 4 nitrogen and oxygen atoms in total. The standard InChI is InChI=1S/C15H16ClNO3S/c1-20-12-8-6-11(7-9-12)17-10-13-14(16)4-3-5-15(13)21(2,18)19/h3-9,17H,10H2,1-2H3. The topological polar surface area (TPSA) is 55.4 Å². The number of ether oxygens (including phenoxy) is 1. The van der Waals surface area contributed by atoms with E-state index < -0.39 is 9.84 Å². The van der Waals surface area contributed by atoms with Crippen molar-refractivity contribution in [2.45, 2.75) is 11.4 Å². The van der Waals surface area contributed by atoms with Gasteiger partial charge in [0.25, 0.3) is 0 Å². The van der Waals surface area contributed by atoms with Crippen LogP contribution in [0.25, 0.3) is 0 Å². The molecule has 0 heterocycles. The molecule has 2 aromatic rings. The number of nitrogens with one attached hydrogen (secondary N) is 1. The Bertz CT molecular complexity index is 727. The van der Waals surface area contributed by atoms with Gasteiger partial charge < -0.3 is 10.1 Å². The molecule has 0 amide bonds. The van der Waals surface area contributed by atoms with Gasteiger partial charge in [0.05, 0.1) is 12.0 Å². The Kier molecular flexibility index (Phi) is 4.75. The summed E-state index contributed by atoms with van der Waals surface area (Å²) < 4.78 is 28.7. The summed E-state index contributed by atoms with van der Waals surface area (Å²) in [5.41, 5.74) is 1.42. The van der Waals surface area contributed by atoms with Crippen LogP contribution in [-0.2, 0) is 16.4 Å². The number of anilines is 1. The maximum Gasteiger partial charge on any atom is 0.175 e.